The van der Waals surface area contributed by atoms with Gasteiger partial charge in [-0.05, 0) is 24.3 Å². The molecule has 0 fully saturated rings. The summed E-state index contributed by atoms with van der Waals surface area (Å²) in [6, 6.07) is 15.0. The molecule has 3 nitrogen and oxygen atoms in total. The number of hydrogen-bond donors (Lipinski definition) is 0. The maximum absolute atomic E-state index is 12.2. The summed E-state index contributed by atoms with van der Waals surface area (Å²) in [4.78, 5) is 13.2. The van der Waals surface area contributed by atoms with E-state index in [-0.39, 0.29) is 5.78 Å². The molecule has 0 saturated heterocycles. The van der Waals surface area contributed by atoms with Crippen LogP contribution in [0.1, 0.15) is 10.4 Å². The van der Waals surface area contributed by atoms with E-state index in [1.807, 2.05) is 30.3 Å². The number of ether oxygens (including phenoxy) is 2. The van der Waals surface area contributed by atoms with Crippen molar-refractivity contribution in [3.05, 3.63) is 54.1 Å². The zero-order chi connectivity index (χ0) is 13.2. The molecule has 96 valence electrons. The molecule has 19 heavy (non-hydrogen) atoms. The van der Waals surface area contributed by atoms with Gasteiger partial charge in [-0.15, -0.1) is 0 Å². The number of carbonyl (C=O) groups excluding carboxylic acids is 1. The van der Waals surface area contributed by atoms with Crippen molar-refractivity contribution in [2.75, 3.05) is 7.11 Å². The summed E-state index contributed by atoms with van der Waals surface area (Å²) in [5, 5.41) is 0. The average molecular weight is 272 g/mol. The molecule has 0 radical (unpaired) electrons. The predicted molar refractivity (Wildman–Crippen MR) is 74.0 cm³/mol. The van der Waals surface area contributed by atoms with Crippen LogP contribution in [0, 0.1) is 0 Å². The largest absolute Gasteiger partial charge is 0.497 e. The molecule has 0 bridgehead atoms. The summed E-state index contributed by atoms with van der Waals surface area (Å²) in [5.41, 5.74) is 0.110. The Morgan fingerprint density at radius 1 is 1.16 bits per heavy atom. The van der Waals surface area contributed by atoms with Crippen LogP contribution in [0.2, 0.25) is 0 Å². The number of fused-ring (bicyclic) bond motifs is 1. The van der Waals surface area contributed by atoms with E-state index in [0.29, 0.717) is 17.1 Å². The zero-order valence-corrected chi connectivity index (χ0v) is 11.1. The molecule has 1 aliphatic heterocycles. The Bertz CT molecular complexity index is 610. The number of carbonyl (C=O) groups is 1. The summed E-state index contributed by atoms with van der Waals surface area (Å²) < 4.78 is 10.8. The fourth-order valence-electron chi connectivity index (χ4n) is 1.93. The monoisotopic (exact) mass is 272 g/mol. The molecule has 0 N–H and O–H groups in total. The number of rotatable bonds is 3. The lowest BCUT2D eigenvalue weighted by molar-refractivity contribution is 0.0937. The Hall–Kier alpha value is -1.94. The lowest BCUT2D eigenvalue weighted by Gasteiger charge is -2.08. The third kappa shape index (κ3) is 2.31. The Kier molecular flexibility index (Phi) is 3.17. The number of benzene rings is 2. The highest BCUT2D eigenvalue weighted by Crippen LogP contribution is 2.38. The van der Waals surface area contributed by atoms with Crippen LogP contribution in [-0.2, 0) is 0 Å². The maximum atomic E-state index is 12.2. The van der Waals surface area contributed by atoms with E-state index < -0.39 is 5.44 Å². The van der Waals surface area contributed by atoms with Gasteiger partial charge >= 0.3 is 0 Å². The van der Waals surface area contributed by atoms with Gasteiger partial charge in [-0.3, -0.25) is 4.79 Å². The normalized spacial score (nSPS) is 16.9. The first-order chi connectivity index (χ1) is 9.28. The lowest BCUT2D eigenvalue weighted by atomic mass is 10.1. The summed E-state index contributed by atoms with van der Waals surface area (Å²) in [5.74, 6) is 1.29. The molecule has 1 aliphatic rings. The Morgan fingerprint density at radius 3 is 2.68 bits per heavy atom. The van der Waals surface area contributed by atoms with Gasteiger partial charge in [-0.25, -0.2) is 0 Å². The molecule has 2 aromatic carbocycles. The number of hydrogen-bond acceptors (Lipinski definition) is 4. The van der Waals surface area contributed by atoms with E-state index in [9.17, 15) is 4.79 Å². The molecule has 2 aromatic rings. The fraction of sp³-hybridized carbons (Fsp3) is 0.133. The van der Waals surface area contributed by atoms with Crippen LogP contribution < -0.4 is 9.47 Å². The van der Waals surface area contributed by atoms with Crippen LogP contribution in [-0.4, -0.2) is 18.3 Å². The van der Waals surface area contributed by atoms with Crippen LogP contribution in [0.5, 0.6) is 11.5 Å². The first-order valence-corrected chi connectivity index (χ1v) is 6.76. The molecule has 1 atom stereocenters. The van der Waals surface area contributed by atoms with Gasteiger partial charge < -0.3 is 9.47 Å². The van der Waals surface area contributed by atoms with Crippen molar-refractivity contribution >= 4 is 17.5 Å². The highest BCUT2D eigenvalue weighted by Gasteiger charge is 2.33. The fourth-order valence-corrected chi connectivity index (χ4v) is 2.87. The van der Waals surface area contributed by atoms with Crippen molar-refractivity contribution < 1.29 is 14.3 Å². The van der Waals surface area contributed by atoms with Gasteiger partial charge in [0.2, 0.25) is 11.2 Å². The second-order valence-electron chi connectivity index (χ2n) is 4.11. The maximum Gasteiger partial charge on any atom is 0.217 e. The molecule has 0 aromatic heterocycles. The minimum absolute atomic E-state index is 0.00602. The average Bonchev–Trinajstić information content (AvgIpc) is 2.76. The van der Waals surface area contributed by atoms with Crippen LogP contribution in [0.3, 0.4) is 0 Å². The Morgan fingerprint density at radius 2 is 1.95 bits per heavy atom. The van der Waals surface area contributed by atoms with Crippen molar-refractivity contribution in [1.82, 2.24) is 0 Å². The minimum atomic E-state index is -0.510. The molecule has 0 amide bonds. The molecule has 0 saturated carbocycles. The summed E-state index contributed by atoms with van der Waals surface area (Å²) >= 11 is 1.42. The summed E-state index contributed by atoms with van der Waals surface area (Å²) in [7, 11) is 1.59. The van der Waals surface area contributed by atoms with Crippen LogP contribution in [0.4, 0.5) is 0 Å². The quantitative estimate of drug-likeness (QED) is 0.858. The zero-order valence-electron chi connectivity index (χ0n) is 10.3. The first-order valence-electron chi connectivity index (χ1n) is 5.88. The molecule has 0 spiro atoms. The SMILES string of the molecule is COc1ccc2c(c1)OC(Sc1ccccc1)C2=O. The van der Waals surface area contributed by atoms with E-state index in [1.54, 1.807) is 25.3 Å². The number of Topliss-reactive ketones (excluding diaryl/α,β-unsaturated/α-hetero) is 1. The van der Waals surface area contributed by atoms with Crippen LogP contribution in [0.15, 0.2) is 53.4 Å². The molecular weight excluding hydrogens is 260 g/mol. The molecule has 1 heterocycles. The molecule has 3 rings (SSSR count). The van der Waals surface area contributed by atoms with E-state index in [1.165, 1.54) is 11.8 Å². The number of thioether (sulfide) groups is 1. The van der Waals surface area contributed by atoms with E-state index in [4.69, 9.17) is 9.47 Å². The van der Waals surface area contributed by atoms with Crippen molar-refractivity contribution in [2.24, 2.45) is 0 Å². The Balaban J connectivity index is 1.83. The van der Waals surface area contributed by atoms with E-state index in [2.05, 4.69) is 0 Å². The third-order valence-electron chi connectivity index (χ3n) is 2.89. The molecule has 0 aliphatic carbocycles. The highest BCUT2D eigenvalue weighted by molar-refractivity contribution is 8.00. The number of ketones is 1. The van der Waals surface area contributed by atoms with Crippen molar-refractivity contribution in [3.8, 4) is 11.5 Å². The van der Waals surface area contributed by atoms with Gasteiger partial charge in [0.25, 0.3) is 0 Å². The third-order valence-corrected chi connectivity index (χ3v) is 3.96. The molecular formula is C15H12O3S. The first kappa shape index (κ1) is 12.1. The van der Waals surface area contributed by atoms with Crippen molar-refractivity contribution in [1.29, 1.82) is 0 Å². The van der Waals surface area contributed by atoms with Crippen molar-refractivity contribution in [2.45, 2.75) is 10.3 Å². The predicted octanol–water partition coefficient (Wildman–Crippen LogP) is 3.39. The summed E-state index contributed by atoms with van der Waals surface area (Å²) in [6.45, 7) is 0. The van der Waals surface area contributed by atoms with Crippen LogP contribution >= 0.6 is 11.8 Å². The molecule has 1 unspecified atom stereocenters. The summed E-state index contributed by atoms with van der Waals surface area (Å²) in [6.07, 6.45) is 0. The van der Waals surface area contributed by atoms with Crippen LogP contribution in [0.25, 0.3) is 0 Å². The number of methoxy groups -OCH3 is 1. The topological polar surface area (TPSA) is 35.5 Å². The van der Waals surface area contributed by atoms with E-state index in [0.717, 1.165) is 4.90 Å². The lowest BCUT2D eigenvalue weighted by Crippen LogP contribution is -2.15. The Labute approximate surface area is 115 Å². The standard InChI is InChI=1S/C15H12O3S/c1-17-10-7-8-12-13(9-10)18-15(14(12)16)19-11-5-3-2-4-6-11/h2-9,15H,1H3. The second kappa shape index (κ2) is 4.97. The minimum Gasteiger partial charge on any atom is -0.497 e. The van der Waals surface area contributed by atoms with Gasteiger partial charge in [0.05, 0.1) is 12.7 Å². The molecule has 4 heteroatoms. The second-order valence-corrected chi connectivity index (χ2v) is 5.24. The van der Waals surface area contributed by atoms with E-state index >= 15 is 0 Å². The smallest absolute Gasteiger partial charge is 0.217 e. The van der Waals surface area contributed by atoms with Gasteiger partial charge in [-0.1, -0.05) is 30.0 Å². The van der Waals surface area contributed by atoms with Crippen molar-refractivity contribution in [3.63, 3.8) is 0 Å². The highest BCUT2D eigenvalue weighted by atomic mass is 32.2. The van der Waals surface area contributed by atoms with Gasteiger partial charge in [0.15, 0.2) is 0 Å². The van der Waals surface area contributed by atoms with Gasteiger partial charge in [-0.2, -0.15) is 0 Å². The van der Waals surface area contributed by atoms with Gasteiger partial charge in [0.1, 0.15) is 11.5 Å². The van der Waals surface area contributed by atoms with Gasteiger partial charge in [0, 0.05) is 11.0 Å².